The molecule has 0 saturated heterocycles. The van der Waals surface area contributed by atoms with Crippen molar-refractivity contribution < 1.29 is 4.79 Å². The fourth-order valence-corrected chi connectivity index (χ4v) is 2.58. The van der Waals surface area contributed by atoms with E-state index < -0.39 is 0 Å². The predicted octanol–water partition coefficient (Wildman–Crippen LogP) is 3.35. The second kappa shape index (κ2) is 6.16. The van der Waals surface area contributed by atoms with Gasteiger partial charge < -0.3 is 9.72 Å². The van der Waals surface area contributed by atoms with Crippen molar-refractivity contribution in [3.05, 3.63) is 78.4 Å². The molecule has 1 aromatic carbocycles. The number of rotatable bonds is 3. The number of hydrogen-bond acceptors (Lipinski definition) is 4. The Kier molecular flexibility index (Phi) is 3.70. The zero-order valence-corrected chi connectivity index (χ0v) is 13.5. The molecule has 0 bridgehead atoms. The average Bonchev–Trinajstić information content (AvgIpc) is 3.06. The Morgan fingerprint density at radius 3 is 2.68 bits per heavy atom. The monoisotopic (exact) mass is 329 g/mol. The van der Waals surface area contributed by atoms with Gasteiger partial charge in [-0.05, 0) is 42.8 Å². The van der Waals surface area contributed by atoms with E-state index in [1.54, 1.807) is 6.07 Å². The average molecular weight is 329 g/mol. The molecule has 0 saturated carbocycles. The number of amides is 1. The molecule has 1 amide bonds. The molecular weight excluding hydrogens is 314 g/mol. The Morgan fingerprint density at radius 1 is 1.08 bits per heavy atom. The number of aryl methyl sites for hydroxylation is 1. The zero-order valence-electron chi connectivity index (χ0n) is 13.5. The molecule has 3 aromatic heterocycles. The fourth-order valence-electron chi connectivity index (χ4n) is 2.58. The third kappa shape index (κ3) is 3.10. The van der Waals surface area contributed by atoms with E-state index in [2.05, 4.69) is 20.5 Å². The Morgan fingerprint density at radius 2 is 1.92 bits per heavy atom. The van der Waals surface area contributed by atoms with Gasteiger partial charge in [-0.25, -0.2) is 4.98 Å². The summed E-state index contributed by atoms with van der Waals surface area (Å²) in [5.74, 6) is -0.217. The number of carbonyl (C=O) groups is 1. The second-order valence-electron chi connectivity index (χ2n) is 5.76. The maximum Gasteiger partial charge on any atom is 0.257 e. The normalized spacial score (nSPS) is 10.8. The molecule has 1 N–H and O–H groups in total. The maximum atomic E-state index is 12.1. The van der Waals surface area contributed by atoms with Crippen molar-refractivity contribution in [3.8, 4) is 11.3 Å². The summed E-state index contributed by atoms with van der Waals surface area (Å²) in [5.41, 5.74) is 5.15. The minimum Gasteiger partial charge on any atom is -0.322 e. The van der Waals surface area contributed by atoms with Gasteiger partial charge in [-0.1, -0.05) is 12.1 Å². The standard InChI is InChI=1S/C19H15N5O/c1-13-7-9-24-12-17(23-18(24)10-13)14-2-4-16(5-3-14)22-19(25)15-6-8-20-21-11-15/h2-12H,1H3,(H,22,25). The Bertz CT molecular complexity index is 1040. The Balaban J connectivity index is 1.56. The molecule has 0 aliphatic heterocycles. The van der Waals surface area contributed by atoms with Gasteiger partial charge >= 0.3 is 0 Å². The van der Waals surface area contributed by atoms with Crippen LogP contribution < -0.4 is 5.32 Å². The number of nitrogens with zero attached hydrogens (tertiary/aromatic N) is 4. The first kappa shape index (κ1) is 15.0. The molecule has 0 spiro atoms. The van der Waals surface area contributed by atoms with Gasteiger partial charge in [0.1, 0.15) is 5.65 Å². The van der Waals surface area contributed by atoms with Crippen LogP contribution in [0, 0.1) is 6.92 Å². The minimum absolute atomic E-state index is 0.217. The van der Waals surface area contributed by atoms with Crippen molar-refractivity contribution in [1.82, 2.24) is 19.6 Å². The molecule has 122 valence electrons. The highest BCUT2D eigenvalue weighted by molar-refractivity contribution is 6.04. The number of hydrogen-bond donors (Lipinski definition) is 1. The molecule has 25 heavy (non-hydrogen) atoms. The first-order valence-corrected chi connectivity index (χ1v) is 7.83. The maximum absolute atomic E-state index is 12.1. The fraction of sp³-hybridized carbons (Fsp3) is 0.0526. The number of benzene rings is 1. The van der Waals surface area contributed by atoms with Crippen molar-refractivity contribution in [2.45, 2.75) is 6.92 Å². The van der Waals surface area contributed by atoms with Crippen LogP contribution in [0.1, 0.15) is 15.9 Å². The first-order chi connectivity index (χ1) is 12.2. The number of anilines is 1. The van der Waals surface area contributed by atoms with Crippen LogP contribution in [-0.4, -0.2) is 25.5 Å². The summed E-state index contributed by atoms with van der Waals surface area (Å²) in [7, 11) is 0. The van der Waals surface area contributed by atoms with Crippen LogP contribution in [0.4, 0.5) is 5.69 Å². The number of fused-ring (bicyclic) bond motifs is 1. The molecule has 0 aliphatic rings. The van der Waals surface area contributed by atoms with Crippen LogP contribution in [0.2, 0.25) is 0 Å². The van der Waals surface area contributed by atoms with Gasteiger partial charge in [0, 0.05) is 23.6 Å². The van der Waals surface area contributed by atoms with Crippen LogP contribution >= 0.6 is 0 Å². The third-order valence-corrected chi connectivity index (χ3v) is 3.90. The van der Waals surface area contributed by atoms with E-state index in [9.17, 15) is 4.79 Å². The minimum atomic E-state index is -0.217. The Labute approximate surface area is 144 Å². The summed E-state index contributed by atoms with van der Waals surface area (Å²) in [6.45, 7) is 2.05. The van der Waals surface area contributed by atoms with Gasteiger partial charge in [0.2, 0.25) is 0 Å². The summed E-state index contributed by atoms with van der Waals surface area (Å²) in [6.07, 6.45) is 6.91. The molecule has 0 atom stereocenters. The summed E-state index contributed by atoms with van der Waals surface area (Å²) in [6, 6.07) is 13.3. The summed E-state index contributed by atoms with van der Waals surface area (Å²) in [5, 5.41) is 10.2. The van der Waals surface area contributed by atoms with E-state index in [-0.39, 0.29) is 5.91 Å². The van der Waals surface area contributed by atoms with Crippen molar-refractivity contribution in [3.63, 3.8) is 0 Å². The van der Waals surface area contributed by atoms with Crippen LogP contribution in [0.3, 0.4) is 0 Å². The highest BCUT2D eigenvalue weighted by Crippen LogP contribution is 2.22. The molecule has 4 aromatic rings. The van der Waals surface area contributed by atoms with Gasteiger partial charge in [0.25, 0.3) is 5.91 Å². The lowest BCUT2D eigenvalue weighted by molar-refractivity contribution is 0.102. The molecule has 0 aliphatic carbocycles. The number of imidazole rings is 1. The number of carbonyl (C=O) groups excluding carboxylic acids is 1. The van der Waals surface area contributed by atoms with Crippen molar-refractivity contribution in [2.24, 2.45) is 0 Å². The van der Waals surface area contributed by atoms with Gasteiger partial charge in [0.05, 0.1) is 23.7 Å². The highest BCUT2D eigenvalue weighted by Gasteiger charge is 2.08. The SMILES string of the molecule is Cc1ccn2cc(-c3ccc(NC(=O)c4ccnnc4)cc3)nc2c1. The number of aromatic nitrogens is 4. The lowest BCUT2D eigenvalue weighted by Crippen LogP contribution is -2.12. The van der Waals surface area contributed by atoms with Crippen molar-refractivity contribution >= 4 is 17.2 Å². The van der Waals surface area contributed by atoms with E-state index in [0.717, 1.165) is 16.9 Å². The summed E-state index contributed by atoms with van der Waals surface area (Å²) in [4.78, 5) is 16.8. The van der Waals surface area contributed by atoms with Crippen LogP contribution in [0.25, 0.3) is 16.9 Å². The molecule has 6 nitrogen and oxygen atoms in total. The summed E-state index contributed by atoms with van der Waals surface area (Å²) >= 11 is 0. The number of nitrogens with one attached hydrogen (secondary N) is 1. The largest absolute Gasteiger partial charge is 0.322 e. The van der Waals surface area contributed by atoms with Gasteiger partial charge in [0.15, 0.2) is 0 Å². The van der Waals surface area contributed by atoms with Crippen molar-refractivity contribution in [2.75, 3.05) is 5.32 Å². The van der Waals surface area contributed by atoms with Gasteiger partial charge in [-0.2, -0.15) is 10.2 Å². The van der Waals surface area contributed by atoms with Gasteiger partial charge in [-0.3, -0.25) is 4.79 Å². The first-order valence-electron chi connectivity index (χ1n) is 7.83. The molecular formula is C19H15N5O. The number of pyridine rings is 1. The third-order valence-electron chi connectivity index (χ3n) is 3.90. The van der Waals surface area contributed by atoms with E-state index in [4.69, 9.17) is 0 Å². The highest BCUT2D eigenvalue weighted by atomic mass is 16.1. The smallest absolute Gasteiger partial charge is 0.257 e. The molecule has 3 heterocycles. The van der Waals surface area contributed by atoms with Gasteiger partial charge in [-0.15, -0.1) is 0 Å². The molecule has 0 fully saturated rings. The molecule has 0 radical (unpaired) electrons. The second-order valence-corrected chi connectivity index (χ2v) is 5.76. The van der Waals surface area contributed by atoms with E-state index >= 15 is 0 Å². The van der Waals surface area contributed by atoms with Crippen LogP contribution in [-0.2, 0) is 0 Å². The zero-order chi connectivity index (χ0) is 17.2. The Hall–Kier alpha value is -3.54. The van der Waals surface area contributed by atoms with Crippen LogP contribution in [0.15, 0.2) is 67.3 Å². The lowest BCUT2D eigenvalue weighted by atomic mass is 10.1. The summed E-state index contributed by atoms with van der Waals surface area (Å²) < 4.78 is 1.99. The van der Waals surface area contributed by atoms with Crippen molar-refractivity contribution in [1.29, 1.82) is 0 Å². The quantitative estimate of drug-likeness (QED) is 0.625. The molecule has 0 unspecified atom stereocenters. The molecule has 6 heteroatoms. The predicted molar refractivity (Wildman–Crippen MR) is 95.4 cm³/mol. The van der Waals surface area contributed by atoms with E-state index in [1.807, 2.05) is 60.1 Å². The van der Waals surface area contributed by atoms with E-state index in [0.29, 0.717) is 11.3 Å². The van der Waals surface area contributed by atoms with E-state index in [1.165, 1.54) is 18.0 Å². The lowest BCUT2D eigenvalue weighted by Gasteiger charge is -2.05. The van der Waals surface area contributed by atoms with Crippen LogP contribution in [0.5, 0.6) is 0 Å². The molecule has 4 rings (SSSR count). The topological polar surface area (TPSA) is 72.2 Å².